The maximum Gasteiger partial charge on any atom is 0.237 e. The zero-order valence-electron chi connectivity index (χ0n) is 11.0. The summed E-state index contributed by atoms with van der Waals surface area (Å²) in [6.07, 6.45) is 5.20. The van der Waals surface area contributed by atoms with E-state index in [1.54, 1.807) is 18.6 Å². The third-order valence-corrected chi connectivity index (χ3v) is 3.28. The molecule has 0 saturated heterocycles. The van der Waals surface area contributed by atoms with Crippen LogP contribution in [0.25, 0.3) is 22.4 Å². The predicted octanol–water partition coefficient (Wildman–Crippen LogP) is 3.14. The number of halogens is 1. The smallest absolute Gasteiger partial charge is 0.237 e. The zero-order valence-corrected chi connectivity index (χ0v) is 11.7. The maximum atomic E-state index is 5.94. The lowest BCUT2D eigenvalue weighted by Gasteiger charge is -2.10. The molecule has 21 heavy (non-hydrogen) atoms. The van der Waals surface area contributed by atoms with Crippen LogP contribution < -0.4 is 11.3 Å². The largest absolute Gasteiger partial charge is 0.292 e. The van der Waals surface area contributed by atoms with E-state index in [1.807, 2.05) is 36.4 Å². The highest BCUT2D eigenvalue weighted by Crippen LogP contribution is 2.30. The van der Waals surface area contributed by atoms with Crippen LogP contribution in [0.1, 0.15) is 0 Å². The van der Waals surface area contributed by atoms with Crippen molar-refractivity contribution in [1.82, 2.24) is 15.0 Å². The van der Waals surface area contributed by atoms with E-state index in [9.17, 15) is 0 Å². The number of anilines is 1. The second-order valence-electron chi connectivity index (χ2n) is 4.34. The fraction of sp³-hybridized carbons (Fsp3) is 0. The molecule has 0 aliphatic heterocycles. The number of nitrogens with two attached hydrogens (primary N) is 1. The molecule has 5 nitrogen and oxygen atoms in total. The summed E-state index contributed by atoms with van der Waals surface area (Å²) < 4.78 is 0. The molecule has 3 N–H and O–H groups in total. The normalized spacial score (nSPS) is 10.4. The van der Waals surface area contributed by atoms with E-state index in [2.05, 4.69) is 20.4 Å². The van der Waals surface area contributed by atoms with Crippen LogP contribution >= 0.6 is 11.6 Å². The minimum absolute atomic E-state index is 0.359. The monoisotopic (exact) mass is 297 g/mol. The number of pyridine rings is 1. The van der Waals surface area contributed by atoms with Crippen LogP contribution in [-0.2, 0) is 0 Å². The molecule has 0 unspecified atom stereocenters. The fourth-order valence-corrected chi connectivity index (χ4v) is 2.15. The third-order valence-electron chi connectivity index (χ3n) is 3.03. The summed E-state index contributed by atoms with van der Waals surface area (Å²) in [4.78, 5) is 12.7. The van der Waals surface area contributed by atoms with E-state index in [4.69, 9.17) is 17.4 Å². The molecule has 2 heterocycles. The number of hydrogen-bond donors (Lipinski definition) is 2. The molecule has 104 valence electrons. The molecule has 2 aromatic heterocycles. The van der Waals surface area contributed by atoms with Crippen molar-refractivity contribution in [2.75, 3.05) is 5.43 Å². The van der Waals surface area contributed by atoms with Gasteiger partial charge in [-0.15, -0.1) is 0 Å². The second kappa shape index (κ2) is 5.87. The number of nitrogen functional groups attached to an aromatic ring is 1. The second-order valence-corrected chi connectivity index (χ2v) is 4.78. The highest BCUT2D eigenvalue weighted by Gasteiger charge is 2.11. The molecule has 0 amide bonds. The van der Waals surface area contributed by atoms with Crippen molar-refractivity contribution in [3.05, 3.63) is 60.0 Å². The topological polar surface area (TPSA) is 76.7 Å². The van der Waals surface area contributed by atoms with Crippen LogP contribution in [0, 0.1) is 0 Å². The fourth-order valence-electron chi connectivity index (χ4n) is 2.02. The lowest BCUT2D eigenvalue weighted by atomic mass is 10.0. The Hall–Kier alpha value is -2.50. The Morgan fingerprint density at radius 2 is 1.67 bits per heavy atom. The number of benzene rings is 1. The van der Waals surface area contributed by atoms with E-state index < -0.39 is 0 Å². The molecule has 0 aliphatic carbocycles. The molecule has 0 saturated carbocycles. The maximum absolute atomic E-state index is 5.94. The van der Waals surface area contributed by atoms with Crippen LogP contribution in [0.3, 0.4) is 0 Å². The Bertz CT molecular complexity index is 744. The number of nitrogens with one attached hydrogen (secondary N) is 1. The van der Waals surface area contributed by atoms with Gasteiger partial charge in [-0.05, 0) is 29.8 Å². The van der Waals surface area contributed by atoms with E-state index in [-0.39, 0.29) is 0 Å². The standard InChI is InChI=1S/C15H12ClN5/c16-12-3-1-11(2-4-12)14-13(9-19-15(20-14)21-17)10-5-7-18-8-6-10/h1-9H,17H2,(H,19,20,21). The van der Waals surface area contributed by atoms with Crippen LogP contribution in [0.5, 0.6) is 0 Å². The van der Waals surface area contributed by atoms with E-state index in [0.717, 1.165) is 22.4 Å². The van der Waals surface area contributed by atoms with Crippen molar-refractivity contribution in [1.29, 1.82) is 0 Å². The predicted molar refractivity (Wildman–Crippen MR) is 83.5 cm³/mol. The lowest BCUT2D eigenvalue weighted by Crippen LogP contribution is -2.11. The Morgan fingerprint density at radius 1 is 0.952 bits per heavy atom. The first-order valence-electron chi connectivity index (χ1n) is 6.28. The minimum atomic E-state index is 0.359. The molecule has 0 bridgehead atoms. The van der Waals surface area contributed by atoms with Gasteiger partial charge in [0.15, 0.2) is 0 Å². The molecule has 0 spiro atoms. The Balaban J connectivity index is 2.18. The van der Waals surface area contributed by atoms with Crippen LogP contribution in [-0.4, -0.2) is 15.0 Å². The molecule has 0 atom stereocenters. The quantitative estimate of drug-likeness (QED) is 0.573. The van der Waals surface area contributed by atoms with Gasteiger partial charge in [-0.3, -0.25) is 10.4 Å². The molecule has 6 heteroatoms. The van der Waals surface area contributed by atoms with Crippen molar-refractivity contribution in [2.45, 2.75) is 0 Å². The van der Waals surface area contributed by atoms with Crippen LogP contribution in [0.4, 0.5) is 5.95 Å². The number of hydrazine groups is 1. The average molecular weight is 298 g/mol. The van der Waals surface area contributed by atoms with E-state index in [1.165, 1.54) is 0 Å². The van der Waals surface area contributed by atoms with E-state index >= 15 is 0 Å². The van der Waals surface area contributed by atoms with Gasteiger partial charge in [0.2, 0.25) is 5.95 Å². The SMILES string of the molecule is NNc1ncc(-c2ccncc2)c(-c2ccc(Cl)cc2)n1. The number of nitrogens with zero attached hydrogens (tertiary/aromatic N) is 3. The Morgan fingerprint density at radius 3 is 2.33 bits per heavy atom. The summed E-state index contributed by atoms with van der Waals surface area (Å²) in [5.74, 6) is 5.76. The first-order valence-corrected chi connectivity index (χ1v) is 6.66. The van der Waals surface area contributed by atoms with Crippen molar-refractivity contribution in [3.63, 3.8) is 0 Å². The summed E-state index contributed by atoms with van der Waals surface area (Å²) in [6.45, 7) is 0. The zero-order chi connectivity index (χ0) is 14.7. The van der Waals surface area contributed by atoms with Crippen molar-refractivity contribution in [3.8, 4) is 22.4 Å². The highest BCUT2D eigenvalue weighted by atomic mass is 35.5. The summed E-state index contributed by atoms with van der Waals surface area (Å²) in [6, 6.07) is 11.3. The van der Waals surface area contributed by atoms with Gasteiger partial charge in [0.25, 0.3) is 0 Å². The minimum Gasteiger partial charge on any atom is -0.292 e. The number of aromatic nitrogens is 3. The third kappa shape index (κ3) is 2.84. The number of rotatable bonds is 3. The first-order chi connectivity index (χ1) is 10.3. The van der Waals surface area contributed by atoms with Gasteiger partial charge in [-0.25, -0.2) is 15.8 Å². The van der Waals surface area contributed by atoms with Crippen molar-refractivity contribution >= 4 is 17.5 Å². The average Bonchev–Trinajstić information content (AvgIpc) is 2.56. The van der Waals surface area contributed by atoms with Gasteiger partial charge >= 0.3 is 0 Å². The van der Waals surface area contributed by atoms with Crippen molar-refractivity contribution in [2.24, 2.45) is 5.84 Å². The van der Waals surface area contributed by atoms with Gasteiger partial charge in [-0.2, -0.15) is 0 Å². The van der Waals surface area contributed by atoms with Gasteiger partial charge in [-0.1, -0.05) is 23.7 Å². The summed E-state index contributed by atoms with van der Waals surface area (Å²) in [5.41, 5.74) is 6.07. The van der Waals surface area contributed by atoms with E-state index in [0.29, 0.717) is 11.0 Å². The highest BCUT2D eigenvalue weighted by molar-refractivity contribution is 6.30. The molecule has 3 rings (SSSR count). The first kappa shape index (κ1) is 13.5. The van der Waals surface area contributed by atoms with Crippen molar-refractivity contribution < 1.29 is 0 Å². The van der Waals surface area contributed by atoms with Crippen LogP contribution in [0.2, 0.25) is 5.02 Å². The van der Waals surface area contributed by atoms with Crippen LogP contribution in [0.15, 0.2) is 55.0 Å². The molecule has 1 aromatic carbocycles. The molecule has 3 aromatic rings. The molecule has 0 radical (unpaired) electrons. The molecular weight excluding hydrogens is 286 g/mol. The Labute approximate surface area is 126 Å². The summed E-state index contributed by atoms with van der Waals surface area (Å²) >= 11 is 5.94. The summed E-state index contributed by atoms with van der Waals surface area (Å²) in [5, 5.41) is 0.676. The Kier molecular flexibility index (Phi) is 3.77. The molecule has 0 aliphatic rings. The number of hydrogen-bond acceptors (Lipinski definition) is 5. The molecular formula is C15H12ClN5. The lowest BCUT2D eigenvalue weighted by molar-refractivity contribution is 1.12. The summed E-state index contributed by atoms with van der Waals surface area (Å²) in [7, 11) is 0. The van der Waals surface area contributed by atoms with Gasteiger partial charge in [0, 0.05) is 34.7 Å². The van der Waals surface area contributed by atoms with Gasteiger partial charge < -0.3 is 0 Å². The van der Waals surface area contributed by atoms with Gasteiger partial charge in [0.05, 0.1) is 5.69 Å². The molecule has 0 fully saturated rings. The van der Waals surface area contributed by atoms with Gasteiger partial charge in [0.1, 0.15) is 0 Å².